The Hall–Kier alpha value is -3.95. The molecule has 3 aromatic rings. The minimum absolute atomic E-state index is 0.0168. The van der Waals surface area contributed by atoms with Gasteiger partial charge in [-0.3, -0.25) is 14.4 Å². The maximum absolute atomic E-state index is 13.2. The fraction of sp³-hybridized carbons (Fsp3) is 0.258. The molecule has 208 valence electrons. The lowest BCUT2D eigenvalue weighted by Crippen LogP contribution is -2.27. The molecule has 0 bridgehead atoms. The first-order valence-corrected chi connectivity index (χ1v) is 13.9. The van der Waals surface area contributed by atoms with Crippen LogP contribution < -0.4 is 15.5 Å². The summed E-state index contributed by atoms with van der Waals surface area (Å²) < 4.78 is 0.856. The van der Waals surface area contributed by atoms with Gasteiger partial charge in [-0.1, -0.05) is 40.2 Å². The fourth-order valence-electron chi connectivity index (χ4n) is 4.58. The van der Waals surface area contributed by atoms with Gasteiger partial charge >= 0.3 is 5.97 Å². The van der Waals surface area contributed by atoms with Crippen LogP contribution >= 0.6 is 15.9 Å². The molecule has 0 spiro atoms. The van der Waals surface area contributed by atoms with E-state index in [0.29, 0.717) is 29.8 Å². The Morgan fingerprint density at radius 1 is 0.975 bits per heavy atom. The minimum atomic E-state index is -0.863. The molecule has 8 nitrogen and oxygen atoms in total. The molecule has 0 unspecified atom stereocenters. The number of hydrogen-bond donors (Lipinski definition) is 3. The van der Waals surface area contributed by atoms with Crippen molar-refractivity contribution < 1.29 is 19.5 Å². The topological polar surface area (TPSA) is 102 Å². The van der Waals surface area contributed by atoms with Gasteiger partial charge in [0, 0.05) is 41.3 Å². The van der Waals surface area contributed by atoms with Crippen molar-refractivity contribution in [1.82, 2.24) is 4.90 Å². The molecule has 40 heavy (non-hydrogen) atoms. The van der Waals surface area contributed by atoms with Crippen molar-refractivity contribution in [2.75, 3.05) is 43.2 Å². The second-order valence-electron chi connectivity index (χ2n) is 10.0. The lowest BCUT2D eigenvalue weighted by Gasteiger charge is -2.20. The van der Waals surface area contributed by atoms with Crippen LogP contribution in [-0.2, 0) is 20.8 Å². The van der Waals surface area contributed by atoms with Crippen LogP contribution in [0.3, 0.4) is 0 Å². The third-order valence-electron chi connectivity index (χ3n) is 6.71. The van der Waals surface area contributed by atoms with Gasteiger partial charge in [-0.15, -0.1) is 0 Å². The normalized spacial score (nSPS) is 13.6. The molecule has 3 aromatic carbocycles. The van der Waals surface area contributed by atoms with Crippen LogP contribution in [0.5, 0.6) is 0 Å². The highest BCUT2D eigenvalue weighted by Gasteiger charge is 2.28. The molecular formula is C31H33BrN4O4. The molecule has 9 heteroatoms. The summed E-state index contributed by atoms with van der Waals surface area (Å²) in [5, 5.41) is 15.5. The average molecular weight is 606 g/mol. The molecule has 0 aromatic heterocycles. The van der Waals surface area contributed by atoms with Crippen molar-refractivity contribution in [3.8, 4) is 0 Å². The monoisotopic (exact) mass is 604 g/mol. The van der Waals surface area contributed by atoms with E-state index in [4.69, 9.17) is 5.11 Å². The summed E-state index contributed by atoms with van der Waals surface area (Å²) in [4.78, 5) is 40.8. The number of amides is 2. The first-order chi connectivity index (χ1) is 19.1. The van der Waals surface area contributed by atoms with Crippen molar-refractivity contribution in [3.05, 3.63) is 87.9 Å². The Labute approximate surface area is 242 Å². The van der Waals surface area contributed by atoms with Crippen molar-refractivity contribution >= 4 is 62.0 Å². The second kappa shape index (κ2) is 12.9. The number of carboxylic acid groups (broad SMARTS) is 1. The zero-order valence-electron chi connectivity index (χ0n) is 22.8. The number of halogens is 1. The van der Waals surface area contributed by atoms with Crippen LogP contribution in [0.1, 0.15) is 36.0 Å². The quantitative estimate of drug-likeness (QED) is 0.243. The number of aliphatic carboxylic acids is 1. The van der Waals surface area contributed by atoms with Gasteiger partial charge in [0.25, 0.3) is 5.91 Å². The number of nitrogens with zero attached hydrogens (tertiary/aromatic N) is 2. The van der Waals surface area contributed by atoms with Crippen molar-refractivity contribution in [2.24, 2.45) is 0 Å². The van der Waals surface area contributed by atoms with Crippen LogP contribution in [0.4, 0.5) is 17.1 Å². The summed E-state index contributed by atoms with van der Waals surface area (Å²) in [5.41, 5.74) is 5.73. The first-order valence-electron chi connectivity index (χ1n) is 13.1. The number of rotatable bonds is 11. The van der Waals surface area contributed by atoms with E-state index in [1.54, 1.807) is 11.9 Å². The first kappa shape index (κ1) is 29.0. The highest BCUT2D eigenvalue weighted by Crippen LogP contribution is 2.39. The van der Waals surface area contributed by atoms with Gasteiger partial charge in [-0.2, -0.15) is 0 Å². The zero-order chi connectivity index (χ0) is 28.8. The molecule has 0 radical (unpaired) electrons. The number of nitrogens with one attached hydrogen (secondary N) is 2. The predicted molar refractivity (Wildman–Crippen MR) is 163 cm³/mol. The smallest absolute Gasteiger partial charge is 0.303 e. The summed E-state index contributed by atoms with van der Waals surface area (Å²) in [6.45, 7) is 0.852. The van der Waals surface area contributed by atoms with E-state index in [-0.39, 0.29) is 18.2 Å². The van der Waals surface area contributed by atoms with Gasteiger partial charge in [0.1, 0.15) is 0 Å². The summed E-state index contributed by atoms with van der Waals surface area (Å²) in [5.74, 6) is -1.04. The molecule has 0 saturated carbocycles. The van der Waals surface area contributed by atoms with Crippen LogP contribution in [0.15, 0.2) is 71.2 Å². The van der Waals surface area contributed by atoms with Gasteiger partial charge in [-0.05, 0) is 87.1 Å². The van der Waals surface area contributed by atoms with E-state index in [2.05, 4.69) is 31.5 Å². The molecule has 3 N–H and O–H groups in total. The van der Waals surface area contributed by atoms with Gasteiger partial charge < -0.3 is 25.5 Å². The highest BCUT2D eigenvalue weighted by atomic mass is 79.9. The fourth-order valence-corrected chi connectivity index (χ4v) is 4.94. The predicted octanol–water partition coefficient (Wildman–Crippen LogP) is 5.70. The lowest BCUT2D eigenvalue weighted by molar-refractivity contribution is -0.137. The third kappa shape index (κ3) is 7.16. The molecule has 1 heterocycles. The standard InChI is InChI=1S/C31H33BrN4O4/c1-35(2)17-5-8-27(37)36(3)24-13-11-23(12-14-24)33-30(21-7-4-6-20(18-21)9-16-28(38)39)29-25-15-10-22(32)19-26(25)34-31(29)40/h4,6-7,10-15,18-19,33H,5,8-9,16-17H2,1-3H3,(H,34,40)(H,38,39). The summed E-state index contributed by atoms with van der Waals surface area (Å²) in [6.07, 6.45) is 1.65. The maximum Gasteiger partial charge on any atom is 0.303 e. The third-order valence-corrected chi connectivity index (χ3v) is 7.21. The van der Waals surface area contributed by atoms with E-state index < -0.39 is 5.97 Å². The Kier molecular flexibility index (Phi) is 9.39. The molecule has 4 rings (SSSR count). The second-order valence-corrected chi connectivity index (χ2v) is 10.9. The Bertz CT molecular complexity index is 1450. The van der Waals surface area contributed by atoms with E-state index in [9.17, 15) is 14.4 Å². The van der Waals surface area contributed by atoms with Crippen LogP contribution in [0, 0.1) is 0 Å². The number of hydrogen-bond acceptors (Lipinski definition) is 5. The summed E-state index contributed by atoms with van der Waals surface area (Å²) >= 11 is 3.47. The number of aryl methyl sites for hydroxylation is 1. The Morgan fingerprint density at radius 3 is 2.42 bits per heavy atom. The average Bonchev–Trinajstić information content (AvgIpc) is 3.24. The Morgan fingerprint density at radius 2 is 1.73 bits per heavy atom. The molecular weight excluding hydrogens is 572 g/mol. The number of carbonyl (C=O) groups is 3. The van der Waals surface area contributed by atoms with E-state index in [1.807, 2.05) is 80.8 Å². The molecule has 1 aliphatic heterocycles. The highest BCUT2D eigenvalue weighted by molar-refractivity contribution is 9.10. The van der Waals surface area contributed by atoms with Gasteiger partial charge in [-0.25, -0.2) is 0 Å². The van der Waals surface area contributed by atoms with Crippen molar-refractivity contribution in [3.63, 3.8) is 0 Å². The lowest BCUT2D eigenvalue weighted by atomic mass is 9.97. The number of anilines is 3. The SMILES string of the molecule is CN(C)CCCC(=O)N(C)c1ccc(NC(=C2C(=O)Nc3cc(Br)ccc32)c2cccc(CCC(=O)O)c2)cc1. The molecule has 1 aliphatic rings. The van der Waals surface area contributed by atoms with Gasteiger partial charge in [0.05, 0.1) is 17.0 Å². The number of fused-ring (bicyclic) bond motifs is 1. The van der Waals surface area contributed by atoms with Crippen molar-refractivity contribution in [2.45, 2.75) is 25.7 Å². The van der Waals surface area contributed by atoms with Crippen LogP contribution in [0.2, 0.25) is 0 Å². The van der Waals surface area contributed by atoms with Crippen LogP contribution in [0.25, 0.3) is 11.3 Å². The number of carboxylic acids is 1. The largest absolute Gasteiger partial charge is 0.481 e. The zero-order valence-corrected chi connectivity index (χ0v) is 24.4. The van der Waals surface area contributed by atoms with E-state index >= 15 is 0 Å². The van der Waals surface area contributed by atoms with Gasteiger partial charge in [0.2, 0.25) is 5.91 Å². The maximum atomic E-state index is 13.2. The number of benzene rings is 3. The molecule has 0 aliphatic carbocycles. The van der Waals surface area contributed by atoms with Crippen molar-refractivity contribution in [1.29, 1.82) is 0 Å². The summed E-state index contributed by atoms with van der Waals surface area (Å²) in [7, 11) is 5.75. The molecule has 2 amide bonds. The van der Waals surface area contributed by atoms with Crippen LogP contribution in [-0.4, -0.2) is 55.5 Å². The molecule has 0 atom stereocenters. The molecule has 0 fully saturated rings. The van der Waals surface area contributed by atoms with E-state index in [0.717, 1.165) is 45.5 Å². The minimum Gasteiger partial charge on any atom is -0.481 e. The summed E-state index contributed by atoms with van der Waals surface area (Å²) in [6, 6.07) is 20.7. The Balaban J connectivity index is 1.66. The van der Waals surface area contributed by atoms with Gasteiger partial charge in [0.15, 0.2) is 0 Å². The molecule has 0 saturated heterocycles. The number of carbonyl (C=O) groups excluding carboxylic acids is 2. The van der Waals surface area contributed by atoms with E-state index in [1.165, 1.54) is 0 Å².